The molecule has 0 fully saturated rings. The number of halogens is 1. The lowest BCUT2D eigenvalue weighted by Crippen LogP contribution is -2.07. The van der Waals surface area contributed by atoms with Crippen LogP contribution in [-0.2, 0) is 19.1 Å². The molecule has 0 unspecified atom stereocenters. The molecule has 96 valence electrons. The molecule has 17 heavy (non-hydrogen) atoms. The van der Waals surface area contributed by atoms with Crippen LogP contribution in [-0.4, -0.2) is 27.7 Å². The third kappa shape index (κ3) is 3.76. The van der Waals surface area contributed by atoms with E-state index in [2.05, 4.69) is 0 Å². The summed E-state index contributed by atoms with van der Waals surface area (Å²) in [5.74, 6) is -0.547. The molecule has 1 aromatic carbocycles. The van der Waals surface area contributed by atoms with Gasteiger partial charge >= 0.3 is 9.24 Å². The van der Waals surface area contributed by atoms with Crippen LogP contribution in [0.3, 0.4) is 0 Å². The number of phenolic OH excluding ortho intramolecular Hbond substituents is 1. The van der Waals surface area contributed by atoms with Gasteiger partial charge in [-0.05, 0) is 18.2 Å². The molecule has 0 aliphatic carbocycles. The zero-order chi connectivity index (χ0) is 13.3. The average Bonchev–Trinajstić information content (AvgIpc) is 2.19. The van der Waals surface area contributed by atoms with E-state index in [0.29, 0.717) is 0 Å². The van der Waals surface area contributed by atoms with Crippen LogP contribution in [0.5, 0.6) is 5.75 Å². The molecule has 9 heteroatoms. The number of nitrogens with one attached hydrogen (secondary N) is 1. The second-order valence-electron chi connectivity index (χ2n) is 3.12. The molecule has 0 aromatic heterocycles. The molecule has 1 rings (SSSR count). The first-order chi connectivity index (χ1) is 7.65. The van der Waals surface area contributed by atoms with Crippen molar-refractivity contribution in [3.8, 4) is 5.75 Å². The van der Waals surface area contributed by atoms with Crippen LogP contribution in [0, 0.1) is 0 Å². The van der Waals surface area contributed by atoms with Crippen LogP contribution >= 0.6 is 10.7 Å². The maximum Gasteiger partial charge on any atom is 0.319 e. The van der Waals surface area contributed by atoms with E-state index in [-0.39, 0.29) is 16.3 Å². The Hall–Kier alpha value is -0.990. The summed E-state index contributed by atoms with van der Waals surface area (Å²) in [5.41, 5.74) is -0.283. The van der Waals surface area contributed by atoms with Gasteiger partial charge in [0.25, 0.3) is 0 Å². The number of hydrogen-bond acceptors (Lipinski definition) is 5. The van der Waals surface area contributed by atoms with Crippen molar-refractivity contribution in [2.24, 2.45) is 0 Å². The fourth-order valence-electron chi connectivity index (χ4n) is 1.09. The van der Waals surface area contributed by atoms with Gasteiger partial charge in [-0.3, -0.25) is 4.72 Å². The third-order valence-corrected chi connectivity index (χ3v) is 4.37. The lowest BCUT2D eigenvalue weighted by Gasteiger charge is -2.07. The van der Waals surface area contributed by atoms with Crippen molar-refractivity contribution in [1.82, 2.24) is 0 Å². The zero-order valence-corrected chi connectivity index (χ0v) is 11.1. The first-order valence-corrected chi connectivity index (χ1v) is 8.40. The van der Waals surface area contributed by atoms with Crippen molar-refractivity contribution in [3.05, 3.63) is 18.2 Å². The maximum absolute atomic E-state index is 11.5. The molecule has 0 bridgehead atoms. The number of hydrogen-bond donors (Lipinski definition) is 2. The molecule has 0 atom stereocenters. The molecule has 0 aliphatic rings. The number of phenols is 1. The van der Waals surface area contributed by atoms with Gasteiger partial charge in [0, 0.05) is 10.7 Å². The van der Waals surface area contributed by atoms with Crippen molar-refractivity contribution in [1.29, 1.82) is 0 Å². The van der Waals surface area contributed by atoms with E-state index in [1.807, 2.05) is 4.72 Å². The monoisotopic (exact) mass is 299 g/mol. The van der Waals surface area contributed by atoms with E-state index in [1.54, 1.807) is 0 Å². The summed E-state index contributed by atoms with van der Waals surface area (Å²) in [5, 5.41) is 9.36. The lowest BCUT2D eigenvalue weighted by molar-refractivity contribution is 0.477. The van der Waals surface area contributed by atoms with Crippen molar-refractivity contribution >= 4 is 35.4 Å². The molecule has 0 amide bonds. The Morgan fingerprint density at radius 1 is 1.29 bits per heavy atom. The highest BCUT2D eigenvalue weighted by atomic mass is 35.7. The number of sulfone groups is 1. The minimum absolute atomic E-state index is 0.0967. The summed E-state index contributed by atoms with van der Waals surface area (Å²) in [4.78, 5) is -0.0967. The zero-order valence-electron chi connectivity index (χ0n) is 8.71. The van der Waals surface area contributed by atoms with Gasteiger partial charge in [0.05, 0.1) is 16.3 Å². The number of aromatic hydroxyl groups is 1. The summed E-state index contributed by atoms with van der Waals surface area (Å²) in [6.07, 6.45) is 0. The SMILES string of the molecule is CCS(=O)(=O)c1ccc(O)c(NS(=O)(=O)Cl)c1. The van der Waals surface area contributed by atoms with E-state index >= 15 is 0 Å². The summed E-state index contributed by atoms with van der Waals surface area (Å²) >= 11 is 0. The van der Waals surface area contributed by atoms with Gasteiger partial charge in [-0.15, -0.1) is 0 Å². The number of anilines is 1. The Kier molecular flexibility index (Phi) is 3.90. The van der Waals surface area contributed by atoms with Crippen LogP contribution in [0.15, 0.2) is 23.1 Å². The summed E-state index contributed by atoms with van der Waals surface area (Å²) in [6, 6.07) is 3.27. The molecule has 0 radical (unpaired) electrons. The molecular formula is C8H10ClNO5S2. The smallest absolute Gasteiger partial charge is 0.319 e. The van der Waals surface area contributed by atoms with Gasteiger partial charge in [0.15, 0.2) is 9.84 Å². The van der Waals surface area contributed by atoms with Gasteiger partial charge in [-0.1, -0.05) is 6.92 Å². The largest absolute Gasteiger partial charge is 0.506 e. The maximum atomic E-state index is 11.5. The van der Waals surface area contributed by atoms with Crippen LogP contribution < -0.4 is 4.72 Å². The normalized spacial score (nSPS) is 12.4. The predicted molar refractivity (Wildman–Crippen MR) is 64.2 cm³/mol. The van der Waals surface area contributed by atoms with Crippen LogP contribution in [0.25, 0.3) is 0 Å². The molecular weight excluding hydrogens is 290 g/mol. The van der Waals surface area contributed by atoms with Gasteiger partial charge in [-0.25, -0.2) is 8.42 Å². The van der Waals surface area contributed by atoms with E-state index in [1.165, 1.54) is 13.0 Å². The van der Waals surface area contributed by atoms with Crippen LogP contribution in [0.2, 0.25) is 0 Å². The minimum Gasteiger partial charge on any atom is -0.506 e. The Morgan fingerprint density at radius 2 is 1.88 bits per heavy atom. The highest BCUT2D eigenvalue weighted by Gasteiger charge is 2.16. The summed E-state index contributed by atoms with van der Waals surface area (Å²) in [7, 11) is -2.64. The predicted octanol–water partition coefficient (Wildman–Crippen LogP) is 1.08. The molecule has 1 aromatic rings. The van der Waals surface area contributed by atoms with E-state index in [0.717, 1.165) is 12.1 Å². The van der Waals surface area contributed by atoms with E-state index in [4.69, 9.17) is 10.7 Å². The lowest BCUT2D eigenvalue weighted by atomic mass is 10.3. The Bertz CT molecular complexity index is 623. The third-order valence-electron chi connectivity index (χ3n) is 1.94. The molecule has 6 nitrogen and oxygen atoms in total. The fraction of sp³-hybridized carbons (Fsp3) is 0.250. The summed E-state index contributed by atoms with van der Waals surface area (Å²) < 4.78 is 46.4. The number of benzene rings is 1. The van der Waals surface area contributed by atoms with E-state index in [9.17, 15) is 21.9 Å². The Morgan fingerprint density at radius 3 is 2.35 bits per heavy atom. The van der Waals surface area contributed by atoms with Crippen molar-refractivity contribution in [3.63, 3.8) is 0 Å². The second-order valence-corrected chi connectivity index (χ2v) is 7.70. The Labute approximate surface area is 104 Å². The topological polar surface area (TPSA) is 101 Å². The van der Waals surface area contributed by atoms with Gasteiger partial charge in [0.1, 0.15) is 5.75 Å². The second kappa shape index (κ2) is 4.71. The minimum atomic E-state index is -4.10. The molecule has 0 spiro atoms. The van der Waals surface area contributed by atoms with Crippen LogP contribution in [0.1, 0.15) is 6.92 Å². The first kappa shape index (κ1) is 14.1. The van der Waals surface area contributed by atoms with Crippen molar-refractivity contribution < 1.29 is 21.9 Å². The quantitative estimate of drug-likeness (QED) is 0.640. The van der Waals surface area contributed by atoms with Crippen molar-refractivity contribution in [2.45, 2.75) is 11.8 Å². The van der Waals surface area contributed by atoms with Crippen molar-refractivity contribution in [2.75, 3.05) is 10.5 Å². The molecule has 0 heterocycles. The highest BCUT2D eigenvalue weighted by molar-refractivity contribution is 8.14. The standard InChI is InChI=1S/C8H10ClNO5S2/c1-2-16(12,13)6-3-4-8(11)7(5-6)10-17(9,14)15/h3-5,10-11H,2H2,1H3. The first-order valence-electron chi connectivity index (χ1n) is 4.44. The van der Waals surface area contributed by atoms with Gasteiger partial charge in [-0.2, -0.15) is 8.42 Å². The van der Waals surface area contributed by atoms with Gasteiger partial charge in [0.2, 0.25) is 0 Å². The average molecular weight is 300 g/mol. The highest BCUT2D eigenvalue weighted by Crippen LogP contribution is 2.28. The fourth-order valence-corrected chi connectivity index (χ4v) is 2.67. The molecule has 2 N–H and O–H groups in total. The van der Waals surface area contributed by atoms with E-state index < -0.39 is 24.8 Å². The molecule has 0 aliphatic heterocycles. The summed E-state index contributed by atoms with van der Waals surface area (Å²) in [6.45, 7) is 1.45. The van der Waals surface area contributed by atoms with Crippen LogP contribution in [0.4, 0.5) is 5.69 Å². The van der Waals surface area contributed by atoms with Gasteiger partial charge < -0.3 is 5.11 Å². The Balaban J connectivity index is 3.30. The molecule has 0 saturated heterocycles. The number of rotatable bonds is 4. The molecule has 0 saturated carbocycles.